The van der Waals surface area contributed by atoms with Gasteiger partial charge in [0.05, 0.1) is 18.8 Å². The zero-order chi connectivity index (χ0) is 14.3. The summed E-state index contributed by atoms with van der Waals surface area (Å²) in [5.74, 6) is 1.18. The lowest BCUT2D eigenvalue weighted by atomic mass is 9.68. The second kappa shape index (κ2) is 8.13. The molecule has 3 unspecified atom stereocenters. The number of aliphatic hydroxyl groups excluding tert-OH is 3. The highest BCUT2D eigenvalue weighted by Crippen LogP contribution is 2.40. The molecule has 3 heteroatoms. The molecule has 0 spiro atoms. The van der Waals surface area contributed by atoms with Crippen LogP contribution in [0.15, 0.2) is 0 Å². The van der Waals surface area contributed by atoms with E-state index in [0.717, 1.165) is 6.42 Å². The van der Waals surface area contributed by atoms with Gasteiger partial charge in [0.2, 0.25) is 0 Å². The van der Waals surface area contributed by atoms with Gasteiger partial charge in [-0.25, -0.2) is 0 Å². The summed E-state index contributed by atoms with van der Waals surface area (Å²) < 4.78 is 0. The summed E-state index contributed by atoms with van der Waals surface area (Å²) in [7, 11) is 0. The van der Waals surface area contributed by atoms with E-state index in [1.54, 1.807) is 0 Å². The van der Waals surface area contributed by atoms with E-state index < -0.39 is 6.10 Å². The van der Waals surface area contributed by atoms with Gasteiger partial charge in [0, 0.05) is 0 Å². The van der Waals surface area contributed by atoms with E-state index >= 15 is 0 Å². The molecule has 0 amide bonds. The first-order chi connectivity index (χ1) is 8.23. The molecule has 18 heavy (non-hydrogen) atoms. The molecule has 3 N–H and O–H groups in total. The zero-order valence-electron chi connectivity index (χ0n) is 12.7. The van der Waals surface area contributed by atoms with Gasteiger partial charge in [0.15, 0.2) is 0 Å². The smallest absolute Gasteiger partial charge is 0.0768 e. The summed E-state index contributed by atoms with van der Waals surface area (Å²) in [5, 5.41) is 26.4. The molecule has 0 aromatic heterocycles. The topological polar surface area (TPSA) is 60.7 Å². The van der Waals surface area contributed by atoms with Crippen LogP contribution in [-0.4, -0.2) is 34.1 Å². The van der Waals surface area contributed by atoms with Crippen LogP contribution < -0.4 is 0 Å². The maximum absolute atomic E-state index is 9.87. The van der Waals surface area contributed by atoms with Crippen molar-refractivity contribution >= 4 is 0 Å². The van der Waals surface area contributed by atoms with Gasteiger partial charge < -0.3 is 15.3 Å². The molecule has 1 saturated carbocycles. The molecular weight excluding hydrogens is 228 g/mol. The molecule has 3 atom stereocenters. The lowest BCUT2D eigenvalue weighted by Gasteiger charge is -2.40. The Balaban J connectivity index is 0.000000411. The molecule has 0 heterocycles. The van der Waals surface area contributed by atoms with Crippen molar-refractivity contribution in [3.63, 3.8) is 0 Å². The van der Waals surface area contributed by atoms with Crippen molar-refractivity contribution in [1.82, 2.24) is 0 Å². The Labute approximate surface area is 112 Å². The standard InChI is InChI=1S/C11H22O.C4H10O2/c1-8(2)9-5-6-11(3,4)7-10(9)12;1-2-4(6)3-5/h8-10,12H,5-7H2,1-4H3;4-6H,2-3H2,1H3. The minimum Gasteiger partial charge on any atom is -0.394 e. The lowest BCUT2D eigenvalue weighted by Crippen LogP contribution is -2.36. The quantitative estimate of drug-likeness (QED) is 0.731. The molecule has 1 aliphatic rings. The molecule has 1 rings (SSSR count). The van der Waals surface area contributed by atoms with Crippen molar-refractivity contribution in [2.24, 2.45) is 17.3 Å². The minimum atomic E-state index is -0.509. The van der Waals surface area contributed by atoms with Crippen LogP contribution in [0.2, 0.25) is 0 Å². The summed E-state index contributed by atoms with van der Waals surface area (Å²) in [4.78, 5) is 0. The van der Waals surface area contributed by atoms with Crippen molar-refractivity contribution in [2.45, 2.75) is 72.5 Å². The third-order valence-electron chi connectivity index (χ3n) is 3.95. The molecular formula is C15H32O3. The van der Waals surface area contributed by atoms with Crippen LogP contribution in [0.25, 0.3) is 0 Å². The van der Waals surface area contributed by atoms with E-state index in [9.17, 15) is 5.11 Å². The van der Waals surface area contributed by atoms with E-state index in [1.807, 2.05) is 6.92 Å². The maximum Gasteiger partial charge on any atom is 0.0768 e. The minimum absolute atomic E-state index is 0.0613. The Morgan fingerprint density at radius 1 is 1.28 bits per heavy atom. The average molecular weight is 260 g/mol. The van der Waals surface area contributed by atoms with Crippen LogP contribution in [0.1, 0.15) is 60.3 Å². The van der Waals surface area contributed by atoms with E-state index in [2.05, 4.69) is 27.7 Å². The van der Waals surface area contributed by atoms with E-state index in [0.29, 0.717) is 23.7 Å². The van der Waals surface area contributed by atoms with Crippen molar-refractivity contribution < 1.29 is 15.3 Å². The van der Waals surface area contributed by atoms with Crippen LogP contribution >= 0.6 is 0 Å². The zero-order valence-corrected chi connectivity index (χ0v) is 12.7. The highest BCUT2D eigenvalue weighted by Gasteiger charge is 2.34. The summed E-state index contributed by atoms with van der Waals surface area (Å²) in [5.41, 5.74) is 0.366. The first-order valence-corrected chi connectivity index (χ1v) is 7.20. The molecule has 110 valence electrons. The lowest BCUT2D eigenvalue weighted by molar-refractivity contribution is -0.00325. The molecule has 3 nitrogen and oxygen atoms in total. The van der Waals surface area contributed by atoms with Gasteiger partial charge in [-0.1, -0.05) is 34.6 Å². The van der Waals surface area contributed by atoms with Crippen molar-refractivity contribution in [2.75, 3.05) is 6.61 Å². The van der Waals surface area contributed by atoms with E-state index in [1.165, 1.54) is 12.8 Å². The Morgan fingerprint density at radius 2 is 1.83 bits per heavy atom. The predicted octanol–water partition coefficient (Wildman–Crippen LogP) is 2.58. The number of rotatable bonds is 3. The number of aliphatic hydroxyl groups is 3. The van der Waals surface area contributed by atoms with Crippen molar-refractivity contribution in [1.29, 1.82) is 0 Å². The molecule has 0 aliphatic heterocycles. The first-order valence-electron chi connectivity index (χ1n) is 7.20. The van der Waals surface area contributed by atoms with E-state index in [-0.39, 0.29) is 12.7 Å². The van der Waals surface area contributed by atoms with Gasteiger partial charge in [-0.05, 0) is 42.9 Å². The van der Waals surface area contributed by atoms with Crippen LogP contribution in [0.4, 0.5) is 0 Å². The summed E-state index contributed by atoms with van der Waals surface area (Å²) >= 11 is 0. The van der Waals surface area contributed by atoms with Crippen LogP contribution in [0, 0.1) is 17.3 Å². The third kappa shape index (κ3) is 6.72. The van der Waals surface area contributed by atoms with E-state index in [4.69, 9.17) is 10.2 Å². The first kappa shape index (κ1) is 17.9. The van der Waals surface area contributed by atoms with Crippen molar-refractivity contribution in [3.8, 4) is 0 Å². The molecule has 1 fully saturated rings. The molecule has 0 saturated heterocycles. The van der Waals surface area contributed by atoms with Gasteiger partial charge in [-0.2, -0.15) is 0 Å². The SMILES string of the molecule is CC(C)C1CCC(C)(C)CC1O.CCC(O)CO. The molecule has 0 radical (unpaired) electrons. The fourth-order valence-corrected chi connectivity index (χ4v) is 2.48. The van der Waals surface area contributed by atoms with Crippen LogP contribution in [0.5, 0.6) is 0 Å². The molecule has 0 aromatic carbocycles. The second-order valence-electron chi connectivity index (χ2n) is 6.63. The highest BCUT2D eigenvalue weighted by molar-refractivity contribution is 4.85. The van der Waals surface area contributed by atoms with Gasteiger partial charge in [-0.15, -0.1) is 0 Å². The highest BCUT2D eigenvalue weighted by atomic mass is 16.3. The van der Waals surface area contributed by atoms with Crippen LogP contribution in [0.3, 0.4) is 0 Å². The summed E-state index contributed by atoms with van der Waals surface area (Å²) in [6, 6.07) is 0. The van der Waals surface area contributed by atoms with Gasteiger partial charge in [-0.3, -0.25) is 0 Å². The monoisotopic (exact) mass is 260 g/mol. The Bertz CT molecular complexity index is 210. The second-order valence-corrected chi connectivity index (χ2v) is 6.63. The van der Waals surface area contributed by atoms with Gasteiger partial charge in [0.1, 0.15) is 0 Å². The average Bonchev–Trinajstić information content (AvgIpc) is 2.26. The fourth-order valence-electron chi connectivity index (χ4n) is 2.48. The number of hydrogen-bond donors (Lipinski definition) is 3. The fraction of sp³-hybridized carbons (Fsp3) is 1.00. The summed E-state index contributed by atoms with van der Waals surface area (Å²) in [6.45, 7) is 10.6. The Morgan fingerprint density at radius 3 is 2.11 bits per heavy atom. The van der Waals surface area contributed by atoms with Gasteiger partial charge in [0.25, 0.3) is 0 Å². The normalized spacial score (nSPS) is 28.5. The third-order valence-corrected chi connectivity index (χ3v) is 3.95. The predicted molar refractivity (Wildman–Crippen MR) is 75.4 cm³/mol. The maximum atomic E-state index is 9.87. The van der Waals surface area contributed by atoms with Crippen LogP contribution in [-0.2, 0) is 0 Å². The molecule has 1 aliphatic carbocycles. The largest absolute Gasteiger partial charge is 0.394 e. The molecule has 0 bridgehead atoms. The Kier molecular flexibility index (Phi) is 8.08. The molecule has 0 aromatic rings. The number of hydrogen-bond acceptors (Lipinski definition) is 3. The van der Waals surface area contributed by atoms with Crippen molar-refractivity contribution in [3.05, 3.63) is 0 Å². The summed E-state index contributed by atoms with van der Waals surface area (Å²) in [6.07, 6.45) is 3.52. The Hall–Kier alpha value is -0.120. The van der Waals surface area contributed by atoms with Gasteiger partial charge >= 0.3 is 0 Å².